The Bertz CT molecular complexity index is 991. The van der Waals surface area contributed by atoms with Crippen LogP contribution in [0.1, 0.15) is 23.2 Å². The maximum absolute atomic E-state index is 13.0. The summed E-state index contributed by atoms with van der Waals surface area (Å²) in [6, 6.07) is 10.6. The molecule has 1 atom stereocenters. The highest BCUT2D eigenvalue weighted by molar-refractivity contribution is 7.92. The van der Waals surface area contributed by atoms with Gasteiger partial charge in [-0.3, -0.25) is 14.3 Å². The second kappa shape index (κ2) is 8.60. The molecule has 29 heavy (non-hydrogen) atoms. The van der Waals surface area contributed by atoms with E-state index in [4.69, 9.17) is 0 Å². The maximum atomic E-state index is 13.0. The molecule has 9 heteroatoms. The van der Waals surface area contributed by atoms with Gasteiger partial charge in [-0.2, -0.15) is 0 Å². The Hall–Kier alpha value is -2.94. The van der Waals surface area contributed by atoms with E-state index >= 15 is 0 Å². The smallest absolute Gasteiger partial charge is 0.261 e. The second-order valence-corrected chi connectivity index (χ2v) is 8.52. The third-order valence-electron chi connectivity index (χ3n) is 4.83. The van der Waals surface area contributed by atoms with Crippen LogP contribution in [0.3, 0.4) is 0 Å². The molecule has 154 valence electrons. The Morgan fingerprint density at radius 3 is 2.34 bits per heavy atom. The summed E-state index contributed by atoms with van der Waals surface area (Å²) in [7, 11) is -2.28. The minimum absolute atomic E-state index is 0.0624. The molecule has 3 rings (SSSR count). The molecular formula is C20H22FN3O4S. The SMILES string of the molecule is CNC(=O)C1CCCN(C(=O)c2ccc(NS(=O)(=O)c3ccc(F)cc3)cc2)C1. The van der Waals surface area contributed by atoms with Gasteiger partial charge in [0.15, 0.2) is 0 Å². The topological polar surface area (TPSA) is 95.6 Å². The molecule has 1 aliphatic rings. The lowest BCUT2D eigenvalue weighted by molar-refractivity contribution is -0.125. The third kappa shape index (κ3) is 4.92. The monoisotopic (exact) mass is 419 g/mol. The van der Waals surface area contributed by atoms with E-state index in [0.717, 1.165) is 25.0 Å². The number of amides is 2. The normalized spacial score (nSPS) is 16.9. The molecular weight excluding hydrogens is 397 g/mol. The Morgan fingerprint density at radius 2 is 1.72 bits per heavy atom. The zero-order valence-corrected chi connectivity index (χ0v) is 16.7. The van der Waals surface area contributed by atoms with Crippen LogP contribution < -0.4 is 10.0 Å². The number of likely N-dealkylation sites (tertiary alicyclic amines) is 1. The van der Waals surface area contributed by atoms with Crippen molar-refractivity contribution in [2.24, 2.45) is 5.92 Å². The molecule has 1 heterocycles. The Kier molecular flexibility index (Phi) is 6.17. The van der Waals surface area contributed by atoms with E-state index in [1.165, 1.54) is 36.4 Å². The number of hydrogen-bond acceptors (Lipinski definition) is 4. The van der Waals surface area contributed by atoms with E-state index in [-0.39, 0.29) is 28.3 Å². The summed E-state index contributed by atoms with van der Waals surface area (Å²) in [5.41, 5.74) is 0.694. The fourth-order valence-electron chi connectivity index (χ4n) is 3.27. The van der Waals surface area contributed by atoms with Gasteiger partial charge in [-0.15, -0.1) is 0 Å². The first-order chi connectivity index (χ1) is 13.8. The van der Waals surface area contributed by atoms with Crippen LogP contribution in [0.15, 0.2) is 53.4 Å². The van der Waals surface area contributed by atoms with Gasteiger partial charge in [0.25, 0.3) is 15.9 Å². The van der Waals surface area contributed by atoms with Gasteiger partial charge in [-0.1, -0.05) is 0 Å². The van der Waals surface area contributed by atoms with Crippen LogP contribution in [0.25, 0.3) is 0 Å². The van der Waals surface area contributed by atoms with Crippen LogP contribution in [-0.2, 0) is 14.8 Å². The lowest BCUT2D eigenvalue weighted by Gasteiger charge is -2.31. The Morgan fingerprint density at radius 1 is 1.07 bits per heavy atom. The Labute approximate surface area is 169 Å². The van der Waals surface area contributed by atoms with E-state index in [1.807, 2.05) is 0 Å². The predicted molar refractivity (Wildman–Crippen MR) is 106 cm³/mol. The van der Waals surface area contributed by atoms with Gasteiger partial charge in [0, 0.05) is 31.4 Å². The van der Waals surface area contributed by atoms with E-state index < -0.39 is 15.8 Å². The molecule has 2 aromatic carbocycles. The van der Waals surface area contributed by atoms with Crippen molar-refractivity contribution in [3.8, 4) is 0 Å². The van der Waals surface area contributed by atoms with Crippen LogP contribution in [0.4, 0.5) is 10.1 Å². The van der Waals surface area contributed by atoms with Crippen molar-refractivity contribution in [1.29, 1.82) is 0 Å². The molecule has 0 spiro atoms. The summed E-state index contributed by atoms with van der Waals surface area (Å²) >= 11 is 0. The van der Waals surface area contributed by atoms with E-state index in [0.29, 0.717) is 18.7 Å². The highest BCUT2D eigenvalue weighted by Gasteiger charge is 2.28. The van der Waals surface area contributed by atoms with Gasteiger partial charge >= 0.3 is 0 Å². The number of sulfonamides is 1. The Balaban J connectivity index is 1.69. The number of piperidine rings is 1. The largest absolute Gasteiger partial charge is 0.359 e. The molecule has 1 fully saturated rings. The van der Waals surface area contributed by atoms with Gasteiger partial charge in [0.2, 0.25) is 5.91 Å². The van der Waals surface area contributed by atoms with Crippen LogP contribution in [0.5, 0.6) is 0 Å². The average Bonchev–Trinajstić information content (AvgIpc) is 2.73. The maximum Gasteiger partial charge on any atom is 0.261 e. The summed E-state index contributed by atoms with van der Waals surface area (Å²) in [5.74, 6) is -1.03. The second-order valence-electron chi connectivity index (χ2n) is 6.84. The van der Waals surface area contributed by atoms with E-state index in [1.54, 1.807) is 11.9 Å². The highest BCUT2D eigenvalue weighted by Crippen LogP contribution is 2.21. The third-order valence-corrected chi connectivity index (χ3v) is 6.23. The van der Waals surface area contributed by atoms with Crippen molar-refractivity contribution in [1.82, 2.24) is 10.2 Å². The van der Waals surface area contributed by atoms with Crippen LogP contribution in [-0.4, -0.2) is 45.3 Å². The van der Waals surface area contributed by atoms with Gasteiger partial charge < -0.3 is 10.2 Å². The van der Waals surface area contributed by atoms with Gasteiger partial charge in [-0.05, 0) is 61.4 Å². The number of rotatable bonds is 5. The first-order valence-electron chi connectivity index (χ1n) is 9.19. The molecule has 0 radical (unpaired) electrons. The van der Waals surface area contributed by atoms with E-state index in [2.05, 4.69) is 10.0 Å². The zero-order valence-electron chi connectivity index (χ0n) is 15.9. The predicted octanol–water partition coefficient (Wildman–Crippen LogP) is 2.22. The van der Waals surface area contributed by atoms with Gasteiger partial charge in [0.1, 0.15) is 5.82 Å². The van der Waals surface area contributed by atoms with Gasteiger partial charge in [0.05, 0.1) is 10.8 Å². The van der Waals surface area contributed by atoms with Crippen molar-refractivity contribution < 1.29 is 22.4 Å². The van der Waals surface area contributed by atoms with Crippen molar-refractivity contribution in [3.05, 3.63) is 59.9 Å². The van der Waals surface area contributed by atoms with E-state index in [9.17, 15) is 22.4 Å². The molecule has 0 aliphatic carbocycles. The molecule has 0 saturated carbocycles. The van der Waals surface area contributed by atoms with Crippen molar-refractivity contribution in [3.63, 3.8) is 0 Å². The summed E-state index contributed by atoms with van der Waals surface area (Å²) in [5, 5.41) is 2.62. The van der Waals surface area contributed by atoms with Gasteiger partial charge in [-0.25, -0.2) is 12.8 Å². The number of carbonyl (C=O) groups is 2. The summed E-state index contributed by atoms with van der Waals surface area (Å²) in [6.07, 6.45) is 1.49. The quantitative estimate of drug-likeness (QED) is 0.777. The molecule has 1 unspecified atom stereocenters. The molecule has 2 amide bonds. The standard InChI is InChI=1S/C20H22FN3O4S/c1-22-19(25)15-3-2-12-24(13-15)20(26)14-4-8-17(9-5-14)23-29(27,28)18-10-6-16(21)7-11-18/h4-11,15,23H,2-3,12-13H2,1H3,(H,22,25). The number of nitrogens with zero attached hydrogens (tertiary/aromatic N) is 1. The zero-order chi connectivity index (χ0) is 21.0. The average molecular weight is 419 g/mol. The minimum Gasteiger partial charge on any atom is -0.359 e. The van der Waals surface area contributed by atoms with Crippen LogP contribution in [0, 0.1) is 11.7 Å². The molecule has 1 saturated heterocycles. The molecule has 1 aliphatic heterocycles. The number of benzene rings is 2. The molecule has 0 bridgehead atoms. The minimum atomic E-state index is -3.86. The number of halogens is 1. The summed E-state index contributed by atoms with van der Waals surface area (Å²) in [6.45, 7) is 0.933. The number of nitrogens with one attached hydrogen (secondary N) is 2. The molecule has 7 nitrogen and oxygen atoms in total. The molecule has 2 aromatic rings. The molecule has 0 aromatic heterocycles. The first kappa shape index (κ1) is 20.8. The fraction of sp³-hybridized carbons (Fsp3) is 0.300. The first-order valence-corrected chi connectivity index (χ1v) is 10.7. The van der Waals surface area contributed by atoms with Crippen LogP contribution >= 0.6 is 0 Å². The van der Waals surface area contributed by atoms with Crippen molar-refractivity contribution >= 4 is 27.5 Å². The van der Waals surface area contributed by atoms with Crippen LogP contribution in [0.2, 0.25) is 0 Å². The lowest BCUT2D eigenvalue weighted by Crippen LogP contribution is -2.44. The molecule has 2 N–H and O–H groups in total. The number of carbonyl (C=O) groups excluding carboxylic acids is 2. The van der Waals surface area contributed by atoms with Crippen molar-refractivity contribution in [2.75, 3.05) is 24.9 Å². The number of hydrogen-bond donors (Lipinski definition) is 2. The lowest BCUT2D eigenvalue weighted by atomic mass is 9.96. The fourth-order valence-corrected chi connectivity index (χ4v) is 4.33. The summed E-state index contributed by atoms with van der Waals surface area (Å²) in [4.78, 5) is 26.2. The summed E-state index contributed by atoms with van der Waals surface area (Å²) < 4.78 is 40.1. The van der Waals surface area contributed by atoms with Crippen molar-refractivity contribution in [2.45, 2.75) is 17.7 Å². The number of anilines is 1. The highest BCUT2D eigenvalue weighted by atomic mass is 32.2.